The van der Waals surface area contributed by atoms with Crippen LogP contribution in [0.25, 0.3) is 0 Å². The minimum atomic E-state index is 0.175. The third kappa shape index (κ3) is 4.05. The maximum absolute atomic E-state index is 6.15. The zero-order valence-electron chi connectivity index (χ0n) is 13.1. The number of benzene rings is 1. The molecule has 1 aromatic heterocycles. The highest BCUT2D eigenvalue weighted by Crippen LogP contribution is 2.27. The van der Waals surface area contributed by atoms with Crippen LogP contribution in [0.3, 0.4) is 0 Å². The normalized spacial score (nSPS) is 15.5. The molecule has 5 nitrogen and oxygen atoms in total. The summed E-state index contributed by atoms with van der Waals surface area (Å²) < 4.78 is 11.4. The van der Waals surface area contributed by atoms with Gasteiger partial charge in [0.25, 0.3) is 0 Å². The molecule has 23 heavy (non-hydrogen) atoms. The molecule has 3 rings (SSSR count). The van der Waals surface area contributed by atoms with E-state index in [4.69, 9.17) is 21.1 Å². The van der Waals surface area contributed by atoms with E-state index in [2.05, 4.69) is 14.9 Å². The first kappa shape index (κ1) is 15.9. The lowest BCUT2D eigenvalue weighted by molar-refractivity contribution is 0.171. The van der Waals surface area contributed by atoms with Crippen LogP contribution in [0.4, 0.5) is 5.82 Å². The van der Waals surface area contributed by atoms with Gasteiger partial charge in [-0.15, -0.1) is 0 Å². The molecule has 2 heterocycles. The van der Waals surface area contributed by atoms with Gasteiger partial charge in [-0.2, -0.15) is 4.98 Å². The fourth-order valence-corrected chi connectivity index (χ4v) is 2.81. The molecule has 1 aliphatic rings. The summed E-state index contributed by atoms with van der Waals surface area (Å²) in [6.07, 6.45) is 5.43. The van der Waals surface area contributed by atoms with Crippen molar-refractivity contribution in [3.05, 3.63) is 41.7 Å². The first-order valence-electron chi connectivity index (χ1n) is 7.87. The summed E-state index contributed by atoms with van der Waals surface area (Å²) in [5.74, 6) is 2.18. The zero-order valence-corrected chi connectivity index (χ0v) is 13.9. The first-order chi connectivity index (χ1) is 11.3. The van der Waals surface area contributed by atoms with Gasteiger partial charge in [0, 0.05) is 25.9 Å². The predicted octanol–water partition coefficient (Wildman–Crippen LogP) is 3.58. The molecule has 1 aromatic carbocycles. The van der Waals surface area contributed by atoms with E-state index in [0.29, 0.717) is 17.5 Å². The van der Waals surface area contributed by atoms with E-state index in [9.17, 15) is 0 Å². The van der Waals surface area contributed by atoms with E-state index in [1.165, 1.54) is 0 Å². The SMILES string of the molecule is CCOc1cncc(N2CCC(Oc3ccccc3Cl)CC2)n1. The van der Waals surface area contributed by atoms with Gasteiger partial charge in [-0.05, 0) is 19.1 Å². The Balaban J connectivity index is 1.58. The number of nitrogens with zero attached hydrogens (tertiary/aromatic N) is 3. The molecule has 122 valence electrons. The molecule has 6 heteroatoms. The average Bonchev–Trinajstić information content (AvgIpc) is 2.58. The third-order valence-corrected chi connectivity index (χ3v) is 4.10. The minimum Gasteiger partial charge on any atom is -0.489 e. The Kier molecular flexibility index (Phi) is 5.18. The summed E-state index contributed by atoms with van der Waals surface area (Å²) >= 11 is 6.15. The Hall–Kier alpha value is -2.01. The quantitative estimate of drug-likeness (QED) is 0.837. The van der Waals surface area contributed by atoms with Crippen molar-refractivity contribution in [2.75, 3.05) is 24.6 Å². The first-order valence-corrected chi connectivity index (χ1v) is 8.25. The van der Waals surface area contributed by atoms with Crippen molar-refractivity contribution in [3.63, 3.8) is 0 Å². The highest BCUT2D eigenvalue weighted by Gasteiger charge is 2.22. The van der Waals surface area contributed by atoms with E-state index < -0.39 is 0 Å². The summed E-state index contributed by atoms with van der Waals surface area (Å²) in [5, 5.41) is 0.658. The van der Waals surface area contributed by atoms with Crippen LogP contribution in [0, 0.1) is 0 Å². The van der Waals surface area contributed by atoms with E-state index in [0.717, 1.165) is 37.5 Å². The molecular formula is C17H20ClN3O2. The lowest BCUT2D eigenvalue weighted by Gasteiger charge is -2.32. The Bertz CT molecular complexity index is 645. The average molecular weight is 334 g/mol. The van der Waals surface area contributed by atoms with E-state index >= 15 is 0 Å². The highest BCUT2D eigenvalue weighted by atomic mass is 35.5. The highest BCUT2D eigenvalue weighted by molar-refractivity contribution is 6.32. The van der Waals surface area contributed by atoms with Gasteiger partial charge in [0.1, 0.15) is 11.9 Å². The van der Waals surface area contributed by atoms with Crippen molar-refractivity contribution in [1.82, 2.24) is 9.97 Å². The standard InChI is InChI=1S/C17H20ClN3O2/c1-2-22-17-12-19-11-16(20-17)21-9-7-13(8-10-21)23-15-6-4-3-5-14(15)18/h3-6,11-13H,2,7-10H2,1H3. The summed E-state index contributed by atoms with van der Waals surface area (Å²) in [5.41, 5.74) is 0. The van der Waals surface area contributed by atoms with Crippen LogP contribution in [0.5, 0.6) is 11.6 Å². The van der Waals surface area contributed by atoms with E-state index in [-0.39, 0.29) is 6.10 Å². The van der Waals surface area contributed by atoms with E-state index in [1.807, 2.05) is 31.2 Å². The monoisotopic (exact) mass is 333 g/mol. The molecule has 1 aliphatic heterocycles. The second-order valence-corrected chi connectivity index (χ2v) is 5.79. The number of piperidine rings is 1. The molecule has 0 unspecified atom stereocenters. The van der Waals surface area contributed by atoms with Crippen molar-refractivity contribution >= 4 is 17.4 Å². The maximum atomic E-state index is 6.15. The van der Waals surface area contributed by atoms with Crippen LogP contribution in [0.1, 0.15) is 19.8 Å². The van der Waals surface area contributed by atoms with Gasteiger partial charge in [0.2, 0.25) is 5.88 Å². The van der Waals surface area contributed by atoms with Crippen LogP contribution < -0.4 is 14.4 Å². The van der Waals surface area contributed by atoms with Crippen molar-refractivity contribution in [3.8, 4) is 11.6 Å². The topological polar surface area (TPSA) is 47.5 Å². The number of ether oxygens (including phenoxy) is 2. The van der Waals surface area contributed by atoms with Crippen LogP contribution in [0.15, 0.2) is 36.7 Å². The number of anilines is 1. The van der Waals surface area contributed by atoms with Crippen molar-refractivity contribution in [1.29, 1.82) is 0 Å². The van der Waals surface area contributed by atoms with E-state index in [1.54, 1.807) is 12.4 Å². The number of hydrogen-bond acceptors (Lipinski definition) is 5. The van der Waals surface area contributed by atoms with Gasteiger partial charge >= 0.3 is 0 Å². The van der Waals surface area contributed by atoms with Crippen LogP contribution in [-0.4, -0.2) is 35.8 Å². The third-order valence-electron chi connectivity index (χ3n) is 3.79. The molecule has 0 saturated carbocycles. The molecule has 0 amide bonds. The molecule has 1 saturated heterocycles. The van der Waals surface area contributed by atoms with Crippen molar-refractivity contribution in [2.24, 2.45) is 0 Å². The molecule has 2 aromatic rings. The Morgan fingerprint density at radius 2 is 2.00 bits per heavy atom. The lowest BCUT2D eigenvalue weighted by Crippen LogP contribution is -2.38. The minimum absolute atomic E-state index is 0.175. The molecule has 1 fully saturated rings. The molecule has 0 spiro atoms. The Morgan fingerprint density at radius 1 is 1.22 bits per heavy atom. The molecule has 0 aliphatic carbocycles. The Labute approximate surface area is 141 Å². The van der Waals surface area contributed by atoms with Gasteiger partial charge < -0.3 is 14.4 Å². The summed E-state index contributed by atoms with van der Waals surface area (Å²) in [6.45, 7) is 4.27. The van der Waals surface area contributed by atoms with Gasteiger partial charge in [0.05, 0.1) is 24.0 Å². The number of aromatic nitrogens is 2. The zero-order chi connectivity index (χ0) is 16.1. The van der Waals surface area contributed by atoms with Gasteiger partial charge in [-0.25, -0.2) is 0 Å². The second kappa shape index (κ2) is 7.51. The Morgan fingerprint density at radius 3 is 2.74 bits per heavy atom. The van der Waals surface area contributed by atoms with Gasteiger partial charge in [0.15, 0.2) is 5.82 Å². The predicted molar refractivity (Wildman–Crippen MR) is 90.5 cm³/mol. The molecular weight excluding hydrogens is 314 g/mol. The molecule has 0 N–H and O–H groups in total. The fraction of sp³-hybridized carbons (Fsp3) is 0.412. The van der Waals surface area contributed by atoms with Crippen molar-refractivity contribution in [2.45, 2.75) is 25.9 Å². The summed E-state index contributed by atoms with van der Waals surface area (Å²) in [7, 11) is 0. The summed E-state index contributed by atoms with van der Waals surface area (Å²) in [6, 6.07) is 7.60. The fourth-order valence-electron chi connectivity index (χ4n) is 2.63. The smallest absolute Gasteiger partial charge is 0.234 e. The van der Waals surface area contributed by atoms with Crippen LogP contribution >= 0.6 is 11.6 Å². The second-order valence-electron chi connectivity index (χ2n) is 5.38. The summed E-state index contributed by atoms with van der Waals surface area (Å²) in [4.78, 5) is 10.9. The van der Waals surface area contributed by atoms with Crippen LogP contribution in [-0.2, 0) is 0 Å². The molecule has 0 atom stereocenters. The van der Waals surface area contributed by atoms with Gasteiger partial charge in [-0.1, -0.05) is 23.7 Å². The lowest BCUT2D eigenvalue weighted by atomic mass is 10.1. The molecule has 0 radical (unpaired) electrons. The number of rotatable bonds is 5. The van der Waals surface area contributed by atoms with Crippen molar-refractivity contribution < 1.29 is 9.47 Å². The largest absolute Gasteiger partial charge is 0.489 e. The maximum Gasteiger partial charge on any atom is 0.234 e. The van der Waals surface area contributed by atoms with Crippen LogP contribution in [0.2, 0.25) is 5.02 Å². The number of halogens is 1. The number of hydrogen-bond donors (Lipinski definition) is 0. The number of para-hydroxylation sites is 1. The van der Waals surface area contributed by atoms with Gasteiger partial charge in [-0.3, -0.25) is 4.98 Å². The molecule has 0 bridgehead atoms.